The fourth-order valence-electron chi connectivity index (χ4n) is 2.13. The first-order valence-electron chi connectivity index (χ1n) is 7.46. The van der Waals surface area contributed by atoms with E-state index < -0.39 is 0 Å². The molecule has 0 saturated carbocycles. The van der Waals surface area contributed by atoms with Crippen LogP contribution >= 0.6 is 11.8 Å². The molecule has 0 aliphatic heterocycles. The molecule has 5 nitrogen and oxygen atoms in total. The van der Waals surface area contributed by atoms with Crippen molar-refractivity contribution in [3.63, 3.8) is 0 Å². The summed E-state index contributed by atoms with van der Waals surface area (Å²) < 4.78 is 5.12. The maximum absolute atomic E-state index is 12.8. The first-order valence-corrected chi connectivity index (χ1v) is 8.44. The third-order valence-corrected chi connectivity index (χ3v) is 4.23. The lowest BCUT2D eigenvalue weighted by atomic mass is 10.2. The number of carbonyl (C=O) groups is 1. The number of amides is 1. The quantitative estimate of drug-likeness (QED) is 0.572. The predicted octanol–water partition coefficient (Wildman–Crippen LogP) is 3.71. The number of thioether (sulfide) groups is 1. The second kappa shape index (κ2) is 7.97. The van der Waals surface area contributed by atoms with E-state index in [0.29, 0.717) is 36.1 Å². The minimum absolute atomic E-state index is 0.0142. The fraction of sp³-hybridized carbons (Fsp3) is 0.353. The molecule has 0 spiro atoms. The molecule has 122 valence electrons. The van der Waals surface area contributed by atoms with E-state index in [2.05, 4.69) is 16.7 Å². The number of aromatic nitrogens is 2. The van der Waals surface area contributed by atoms with Crippen molar-refractivity contribution in [2.45, 2.75) is 31.4 Å². The van der Waals surface area contributed by atoms with Crippen LogP contribution < -0.4 is 0 Å². The summed E-state index contributed by atoms with van der Waals surface area (Å²) in [6.45, 7) is 10.8. The Morgan fingerprint density at radius 1 is 1.39 bits per heavy atom. The largest absolute Gasteiger partial charge is 0.338 e. The van der Waals surface area contributed by atoms with E-state index in [1.807, 2.05) is 38.1 Å². The third-order valence-electron chi connectivity index (χ3n) is 3.17. The van der Waals surface area contributed by atoms with Gasteiger partial charge in [-0.25, -0.2) is 0 Å². The smallest absolute Gasteiger partial charge is 0.255 e. The van der Waals surface area contributed by atoms with Crippen molar-refractivity contribution in [3.05, 3.63) is 53.7 Å². The van der Waals surface area contributed by atoms with Crippen LogP contribution in [0.2, 0.25) is 0 Å². The number of hydrogen-bond acceptors (Lipinski definition) is 5. The number of aryl methyl sites for hydroxylation is 1. The second-order valence-corrected chi connectivity index (χ2v) is 6.31. The normalized spacial score (nSPS) is 10.6. The summed E-state index contributed by atoms with van der Waals surface area (Å²) in [6, 6.07) is 7.59. The van der Waals surface area contributed by atoms with Crippen LogP contribution in [-0.4, -0.2) is 34.0 Å². The average molecular weight is 331 g/mol. The molecule has 0 unspecified atom stereocenters. The predicted molar refractivity (Wildman–Crippen MR) is 91.4 cm³/mol. The van der Waals surface area contributed by atoms with Gasteiger partial charge in [-0.3, -0.25) is 4.79 Å². The molecular weight excluding hydrogens is 310 g/mol. The van der Waals surface area contributed by atoms with Gasteiger partial charge >= 0.3 is 0 Å². The van der Waals surface area contributed by atoms with Crippen LogP contribution in [0.15, 0.2) is 45.8 Å². The summed E-state index contributed by atoms with van der Waals surface area (Å²) in [4.78, 5) is 19.7. The minimum atomic E-state index is 0.0142. The van der Waals surface area contributed by atoms with Crippen molar-refractivity contribution in [1.29, 1.82) is 0 Å². The summed E-state index contributed by atoms with van der Waals surface area (Å²) in [7, 11) is 0. The van der Waals surface area contributed by atoms with Gasteiger partial charge in [-0.2, -0.15) is 4.98 Å². The molecule has 0 bridgehead atoms. The van der Waals surface area contributed by atoms with Gasteiger partial charge in [0.25, 0.3) is 5.91 Å². The SMILES string of the molecule is C=C(C)CN(CC)C(=O)c1ccccc1SCc1nc(C)no1. The average Bonchev–Trinajstić information content (AvgIpc) is 2.95. The van der Waals surface area contributed by atoms with Gasteiger partial charge in [0, 0.05) is 18.0 Å². The molecule has 0 atom stereocenters. The maximum Gasteiger partial charge on any atom is 0.255 e. The molecule has 0 saturated heterocycles. The van der Waals surface area contributed by atoms with E-state index in [4.69, 9.17) is 4.52 Å². The molecule has 1 amide bonds. The summed E-state index contributed by atoms with van der Waals surface area (Å²) in [5.74, 6) is 1.73. The molecule has 23 heavy (non-hydrogen) atoms. The molecule has 0 fully saturated rings. The molecule has 1 heterocycles. The topological polar surface area (TPSA) is 59.2 Å². The highest BCUT2D eigenvalue weighted by Crippen LogP contribution is 2.27. The van der Waals surface area contributed by atoms with E-state index in [1.54, 1.807) is 11.8 Å². The number of hydrogen-bond donors (Lipinski definition) is 0. The highest BCUT2D eigenvalue weighted by atomic mass is 32.2. The Hall–Kier alpha value is -2.08. The van der Waals surface area contributed by atoms with Crippen molar-refractivity contribution in [2.75, 3.05) is 13.1 Å². The van der Waals surface area contributed by atoms with Gasteiger partial charge in [-0.05, 0) is 32.9 Å². The monoisotopic (exact) mass is 331 g/mol. The molecular formula is C17H21N3O2S. The minimum Gasteiger partial charge on any atom is -0.338 e. The molecule has 2 rings (SSSR count). The zero-order chi connectivity index (χ0) is 16.8. The standard InChI is InChI=1S/C17H21N3O2S/c1-5-20(10-12(2)3)17(21)14-8-6-7-9-15(14)23-11-16-18-13(4)19-22-16/h6-9H,2,5,10-11H2,1,3-4H3. The van der Waals surface area contributed by atoms with Gasteiger partial charge in [0.2, 0.25) is 5.89 Å². The lowest BCUT2D eigenvalue weighted by molar-refractivity contribution is 0.0775. The van der Waals surface area contributed by atoms with Crippen LogP contribution in [0.5, 0.6) is 0 Å². The van der Waals surface area contributed by atoms with E-state index in [0.717, 1.165) is 10.5 Å². The van der Waals surface area contributed by atoms with Gasteiger partial charge in [0.15, 0.2) is 5.82 Å². The lowest BCUT2D eigenvalue weighted by Crippen LogP contribution is -2.32. The van der Waals surface area contributed by atoms with Crippen LogP contribution in [0.25, 0.3) is 0 Å². The molecule has 1 aromatic carbocycles. The van der Waals surface area contributed by atoms with E-state index in [-0.39, 0.29) is 5.91 Å². The molecule has 0 aliphatic rings. The number of nitrogens with zero attached hydrogens (tertiary/aromatic N) is 3. The highest BCUT2D eigenvalue weighted by Gasteiger charge is 2.18. The molecule has 2 aromatic rings. The van der Waals surface area contributed by atoms with Gasteiger partial charge < -0.3 is 9.42 Å². The first kappa shape index (κ1) is 17.3. The molecule has 0 aliphatic carbocycles. The molecule has 0 radical (unpaired) electrons. The highest BCUT2D eigenvalue weighted by molar-refractivity contribution is 7.98. The van der Waals surface area contributed by atoms with Crippen LogP contribution in [0, 0.1) is 6.92 Å². The summed E-state index contributed by atoms with van der Waals surface area (Å²) >= 11 is 1.52. The number of benzene rings is 1. The van der Waals surface area contributed by atoms with Gasteiger partial charge in [0.05, 0.1) is 11.3 Å². The maximum atomic E-state index is 12.8. The Morgan fingerprint density at radius 2 is 2.13 bits per heavy atom. The van der Waals surface area contributed by atoms with Crippen molar-refractivity contribution < 1.29 is 9.32 Å². The van der Waals surface area contributed by atoms with Crippen LogP contribution in [0.1, 0.15) is 35.9 Å². The van der Waals surface area contributed by atoms with E-state index in [9.17, 15) is 4.79 Å². The van der Waals surface area contributed by atoms with Gasteiger partial charge in [-0.15, -0.1) is 11.8 Å². The Morgan fingerprint density at radius 3 is 2.74 bits per heavy atom. The molecule has 1 aromatic heterocycles. The van der Waals surface area contributed by atoms with Crippen LogP contribution in [0.4, 0.5) is 0 Å². The Balaban J connectivity index is 2.15. The van der Waals surface area contributed by atoms with Crippen molar-refractivity contribution >= 4 is 17.7 Å². The van der Waals surface area contributed by atoms with E-state index >= 15 is 0 Å². The third kappa shape index (κ3) is 4.69. The summed E-state index contributed by atoms with van der Waals surface area (Å²) in [5, 5.41) is 3.78. The summed E-state index contributed by atoms with van der Waals surface area (Å²) in [5.41, 5.74) is 1.66. The Bertz CT molecular complexity index is 697. The van der Waals surface area contributed by atoms with Crippen molar-refractivity contribution in [2.24, 2.45) is 0 Å². The molecule has 0 N–H and O–H groups in total. The zero-order valence-electron chi connectivity index (χ0n) is 13.7. The fourth-order valence-corrected chi connectivity index (χ4v) is 3.01. The van der Waals surface area contributed by atoms with Crippen LogP contribution in [0.3, 0.4) is 0 Å². The second-order valence-electron chi connectivity index (χ2n) is 5.30. The number of carbonyl (C=O) groups excluding carboxylic acids is 1. The number of rotatable bonds is 7. The number of likely N-dealkylation sites (N-methyl/N-ethyl adjacent to an activating group) is 1. The Labute approximate surface area is 140 Å². The van der Waals surface area contributed by atoms with E-state index in [1.165, 1.54) is 11.8 Å². The molecule has 6 heteroatoms. The summed E-state index contributed by atoms with van der Waals surface area (Å²) in [6.07, 6.45) is 0. The van der Waals surface area contributed by atoms with Crippen molar-refractivity contribution in [3.8, 4) is 0 Å². The zero-order valence-corrected chi connectivity index (χ0v) is 14.5. The first-order chi connectivity index (χ1) is 11.0. The Kier molecular flexibility index (Phi) is 5.98. The van der Waals surface area contributed by atoms with Gasteiger partial charge in [-0.1, -0.05) is 29.4 Å². The van der Waals surface area contributed by atoms with Crippen LogP contribution in [-0.2, 0) is 5.75 Å². The van der Waals surface area contributed by atoms with Gasteiger partial charge in [0.1, 0.15) is 0 Å². The lowest BCUT2D eigenvalue weighted by Gasteiger charge is -2.22. The van der Waals surface area contributed by atoms with Crippen molar-refractivity contribution in [1.82, 2.24) is 15.0 Å².